The van der Waals surface area contributed by atoms with E-state index in [0.717, 1.165) is 11.1 Å². The van der Waals surface area contributed by atoms with Crippen molar-refractivity contribution in [2.45, 2.75) is 38.9 Å². The lowest BCUT2D eigenvalue weighted by atomic mass is 10.0. The van der Waals surface area contributed by atoms with Crippen LogP contribution in [-0.4, -0.2) is 37.2 Å². The third-order valence-corrected chi connectivity index (χ3v) is 5.03. The van der Waals surface area contributed by atoms with Gasteiger partial charge in [0.1, 0.15) is 18.0 Å². The molecule has 0 bridgehead atoms. The second-order valence-electron chi connectivity index (χ2n) is 5.50. The Morgan fingerprint density at radius 2 is 2.00 bits per heavy atom. The number of aryl methyl sites for hydroxylation is 1. The number of rotatable bonds is 3. The summed E-state index contributed by atoms with van der Waals surface area (Å²) in [6.07, 6.45) is -1.60. The summed E-state index contributed by atoms with van der Waals surface area (Å²) in [5, 5.41) is 9.78. The molecule has 106 valence electrons. The lowest BCUT2D eigenvalue weighted by molar-refractivity contribution is 0.0729. The van der Waals surface area contributed by atoms with E-state index < -0.39 is 22.0 Å². The zero-order valence-electron chi connectivity index (χ0n) is 11.5. The molecule has 1 aliphatic rings. The maximum atomic E-state index is 11.5. The summed E-state index contributed by atoms with van der Waals surface area (Å²) in [6, 6.07) is 5.89. The highest BCUT2D eigenvalue weighted by molar-refractivity contribution is 7.91. The second kappa shape index (κ2) is 5.13. The Morgan fingerprint density at radius 3 is 2.53 bits per heavy atom. The molecule has 19 heavy (non-hydrogen) atoms. The summed E-state index contributed by atoms with van der Waals surface area (Å²) >= 11 is 0. The Morgan fingerprint density at radius 1 is 1.32 bits per heavy atom. The summed E-state index contributed by atoms with van der Waals surface area (Å²) in [7, 11) is -3.18. The first-order valence-electron chi connectivity index (χ1n) is 6.44. The maximum Gasteiger partial charge on any atom is 0.156 e. The molecule has 0 amide bonds. The predicted octanol–water partition coefficient (Wildman–Crippen LogP) is 1.66. The number of benzene rings is 1. The van der Waals surface area contributed by atoms with E-state index in [9.17, 15) is 13.5 Å². The molecule has 2 rings (SSSR count). The van der Waals surface area contributed by atoms with Crippen molar-refractivity contribution in [3.8, 4) is 5.75 Å². The number of aliphatic hydroxyl groups is 1. The van der Waals surface area contributed by atoms with Crippen molar-refractivity contribution in [1.29, 1.82) is 0 Å². The average molecular weight is 284 g/mol. The molecule has 1 saturated heterocycles. The van der Waals surface area contributed by atoms with Crippen molar-refractivity contribution in [3.63, 3.8) is 0 Å². The van der Waals surface area contributed by atoms with Crippen LogP contribution in [0.2, 0.25) is 0 Å². The number of aliphatic hydroxyl groups excluding tert-OH is 1. The van der Waals surface area contributed by atoms with Gasteiger partial charge in [-0.05, 0) is 30.0 Å². The second-order valence-corrected chi connectivity index (χ2v) is 7.65. The summed E-state index contributed by atoms with van der Waals surface area (Å²) in [6.45, 7) is 6.07. The summed E-state index contributed by atoms with van der Waals surface area (Å²) in [5.41, 5.74) is 2.08. The van der Waals surface area contributed by atoms with Crippen LogP contribution in [0.25, 0.3) is 0 Å². The number of sulfone groups is 1. The third-order valence-electron chi connectivity index (χ3n) is 3.34. The summed E-state index contributed by atoms with van der Waals surface area (Å²) < 4.78 is 28.7. The van der Waals surface area contributed by atoms with E-state index in [-0.39, 0.29) is 17.4 Å². The zero-order valence-corrected chi connectivity index (χ0v) is 12.3. The fourth-order valence-electron chi connectivity index (χ4n) is 2.29. The van der Waals surface area contributed by atoms with Gasteiger partial charge >= 0.3 is 0 Å². The van der Waals surface area contributed by atoms with Crippen molar-refractivity contribution in [1.82, 2.24) is 0 Å². The molecular weight excluding hydrogens is 264 g/mol. The van der Waals surface area contributed by atoms with E-state index in [4.69, 9.17) is 4.74 Å². The molecule has 4 nitrogen and oxygen atoms in total. The molecule has 1 aromatic rings. The highest BCUT2D eigenvalue weighted by Gasteiger charge is 2.38. The van der Waals surface area contributed by atoms with E-state index >= 15 is 0 Å². The molecule has 0 saturated carbocycles. The van der Waals surface area contributed by atoms with E-state index in [0.29, 0.717) is 5.75 Å². The number of hydrogen-bond acceptors (Lipinski definition) is 4. The summed E-state index contributed by atoms with van der Waals surface area (Å²) in [4.78, 5) is 0. The lowest BCUT2D eigenvalue weighted by Crippen LogP contribution is -2.30. The van der Waals surface area contributed by atoms with Gasteiger partial charge in [-0.3, -0.25) is 0 Å². The van der Waals surface area contributed by atoms with E-state index in [1.807, 2.05) is 25.1 Å². The smallest absolute Gasteiger partial charge is 0.156 e. The van der Waals surface area contributed by atoms with Crippen LogP contribution >= 0.6 is 0 Å². The van der Waals surface area contributed by atoms with E-state index in [1.165, 1.54) is 0 Å². The van der Waals surface area contributed by atoms with Gasteiger partial charge in [0.2, 0.25) is 0 Å². The number of hydrogen-bond donors (Lipinski definition) is 1. The minimum absolute atomic E-state index is 0.111. The van der Waals surface area contributed by atoms with E-state index in [2.05, 4.69) is 13.8 Å². The average Bonchev–Trinajstić information content (AvgIpc) is 2.51. The predicted molar refractivity (Wildman–Crippen MR) is 74.3 cm³/mol. The van der Waals surface area contributed by atoms with Gasteiger partial charge in [-0.25, -0.2) is 8.42 Å². The van der Waals surface area contributed by atoms with Crippen molar-refractivity contribution < 1.29 is 18.3 Å². The van der Waals surface area contributed by atoms with Crippen LogP contribution in [0, 0.1) is 6.92 Å². The van der Waals surface area contributed by atoms with Crippen LogP contribution < -0.4 is 4.74 Å². The molecule has 1 heterocycles. The molecule has 2 atom stereocenters. The first-order valence-corrected chi connectivity index (χ1v) is 8.26. The van der Waals surface area contributed by atoms with Crippen LogP contribution in [0.5, 0.6) is 5.75 Å². The van der Waals surface area contributed by atoms with Gasteiger partial charge in [0.15, 0.2) is 9.84 Å². The Balaban J connectivity index is 2.26. The van der Waals surface area contributed by atoms with Gasteiger partial charge in [-0.1, -0.05) is 26.0 Å². The van der Waals surface area contributed by atoms with Crippen LogP contribution in [0.4, 0.5) is 0 Å². The van der Waals surface area contributed by atoms with Crippen LogP contribution in [0.15, 0.2) is 18.2 Å². The van der Waals surface area contributed by atoms with Crippen molar-refractivity contribution in [3.05, 3.63) is 29.3 Å². The van der Waals surface area contributed by atoms with Gasteiger partial charge in [0.25, 0.3) is 0 Å². The number of ether oxygens (including phenoxy) is 1. The molecule has 1 fully saturated rings. The molecule has 0 radical (unpaired) electrons. The van der Waals surface area contributed by atoms with Crippen LogP contribution in [-0.2, 0) is 9.84 Å². The fraction of sp³-hybridized carbons (Fsp3) is 0.571. The normalized spacial score (nSPS) is 25.7. The molecule has 0 aromatic heterocycles. The molecule has 1 aliphatic heterocycles. The highest BCUT2D eigenvalue weighted by atomic mass is 32.2. The first kappa shape index (κ1) is 14.3. The fourth-order valence-corrected chi connectivity index (χ4v) is 3.95. The topological polar surface area (TPSA) is 63.6 Å². The van der Waals surface area contributed by atoms with Gasteiger partial charge in [0.05, 0.1) is 11.5 Å². The monoisotopic (exact) mass is 284 g/mol. The maximum absolute atomic E-state index is 11.5. The minimum atomic E-state index is -3.18. The van der Waals surface area contributed by atoms with Crippen LogP contribution in [0.3, 0.4) is 0 Å². The Labute approximate surface area is 114 Å². The van der Waals surface area contributed by atoms with E-state index in [1.54, 1.807) is 0 Å². The van der Waals surface area contributed by atoms with Gasteiger partial charge in [-0.15, -0.1) is 0 Å². The van der Waals surface area contributed by atoms with Crippen molar-refractivity contribution in [2.75, 3.05) is 11.5 Å². The largest absolute Gasteiger partial charge is 0.486 e. The molecule has 1 aromatic carbocycles. The Bertz CT molecular complexity index is 563. The Kier molecular flexibility index (Phi) is 3.87. The highest BCUT2D eigenvalue weighted by Crippen LogP contribution is 2.30. The standard InChI is InChI=1S/C14H20O4S/c1-9(2)11-5-4-10(3)6-13(11)18-14-8-19(16,17)7-12(14)15/h4-6,9,12,14-15H,7-8H2,1-3H3. The molecule has 1 N–H and O–H groups in total. The summed E-state index contributed by atoms with van der Waals surface area (Å²) in [5.74, 6) is 0.641. The lowest BCUT2D eigenvalue weighted by Gasteiger charge is -2.20. The van der Waals surface area contributed by atoms with Crippen molar-refractivity contribution >= 4 is 9.84 Å². The quantitative estimate of drug-likeness (QED) is 0.917. The first-order chi connectivity index (χ1) is 8.78. The zero-order chi connectivity index (χ0) is 14.2. The molecule has 0 aliphatic carbocycles. The van der Waals surface area contributed by atoms with Crippen LogP contribution in [0.1, 0.15) is 30.9 Å². The minimum Gasteiger partial charge on any atom is -0.486 e. The van der Waals surface area contributed by atoms with Gasteiger partial charge < -0.3 is 9.84 Å². The van der Waals surface area contributed by atoms with Crippen molar-refractivity contribution in [2.24, 2.45) is 0 Å². The third kappa shape index (κ3) is 3.28. The Hall–Kier alpha value is -1.07. The van der Waals surface area contributed by atoms with Gasteiger partial charge in [0, 0.05) is 0 Å². The molecule has 0 spiro atoms. The SMILES string of the molecule is Cc1ccc(C(C)C)c(OC2CS(=O)(=O)CC2O)c1. The molecular formula is C14H20O4S. The molecule has 5 heteroatoms. The molecule has 2 unspecified atom stereocenters. The van der Waals surface area contributed by atoms with Gasteiger partial charge in [-0.2, -0.15) is 0 Å².